The normalized spacial score (nSPS) is 8.78. The van der Waals surface area contributed by atoms with Crippen LogP contribution in [-0.2, 0) is 0 Å². The Kier molecular flexibility index (Phi) is 7.47. The number of pyridine rings is 1. The fraction of sp³-hybridized carbons (Fsp3) is 0.353. The van der Waals surface area contributed by atoms with Crippen LogP contribution in [0.3, 0.4) is 0 Å². The van der Waals surface area contributed by atoms with Crippen molar-refractivity contribution in [2.24, 2.45) is 5.92 Å². The first kappa shape index (κ1) is 16.2. The van der Waals surface area contributed by atoms with Gasteiger partial charge in [-0.15, -0.1) is 5.92 Å². The van der Waals surface area contributed by atoms with Gasteiger partial charge >= 0.3 is 0 Å². The van der Waals surface area contributed by atoms with E-state index in [-0.39, 0.29) is 0 Å². The lowest BCUT2D eigenvalue weighted by atomic mass is 9.95. The number of hydrogen-bond acceptors (Lipinski definition) is 1. The number of rotatable bonds is 3. The summed E-state index contributed by atoms with van der Waals surface area (Å²) in [5, 5.41) is 0. The molecule has 0 atom stereocenters. The predicted octanol–water partition coefficient (Wildman–Crippen LogP) is 4.81. The molecule has 0 unspecified atom stereocenters. The smallest absolute Gasteiger partial charge is 0.0742 e. The van der Waals surface area contributed by atoms with Crippen molar-refractivity contribution in [1.82, 2.24) is 4.98 Å². The lowest BCUT2D eigenvalue weighted by Crippen LogP contribution is -1.99. The lowest BCUT2D eigenvalue weighted by molar-refractivity contribution is 0.850. The third-order valence-electron chi connectivity index (χ3n) is 2.41. The Morgan fingerprint density at radius 2 is 1.89 bits per heavy atom. The highest BCUT2D eigenvalue weighted by atomic mass is 14.7. The quantitative estimate of drug-likeness (QED) is 0.692. The minimum Gasteiger partial charge on any atom is -0.256 e. The number of allylic oxidation sites excluding steroid dienone is 2. The molecule has 0 radical (unpaired) electrons. The minimum absolute atomic E-state index is 0.371. The van der Waals surface area contributed by atoms with Crippen LogP contribution in [0.15, 0.2) is 31.5 Å². The van der Waals surface area contributed by atoms with Gasteiger partial charge in [-0.05, 0) is 24.5 Å². The molecule has 0 aromatic carbocycles. The Bertz CT molecular complexity index is 470. The molecule has 1 heterocycles. The molecular weight excluding hydrogens is 218 g/mol. The van der Waals surface area contributed by atoms with Crippen LogP contribution in [0.25, 0.3) is 11.1 Å². The van der Waals surface area contributed by atoms with Crippen molar-refractivity contribution < 1.29 is 0 Å². The van der Waals surface area contributed by atoms with Crippen molar-refractivity contribution in [3.05, 3.63) is 42.7 Å². The van der Waals surface area contributed by atoms with E-state index >= 15 is 0 Å². The van der Waals surface area contributed by atoms with E-state index in [9.17, 15) is 0 Å². The van der Waals surface area contributed by atoms with Crippen LogP contribution >= 0.6 is 0 Å². The molecule has 1 aromatic heterocycles. The van der Waals surface area contributed by atoms with Gasteiger partial charge in [0, 0.05) is 17.3 Å². The first-order valence-electron chi connectivity index (χ1n) is 6.34. The lowest BCUT2D eigenvalue weighted by Gasteiger charge is -2.12. The summed E-state index contributed by atoms with van der Waals surface area (Å²) in [6.07, 6.45) is 1.78. The summed E-state index contributed by atoms with van der Waals surface area (Å²) in [5.41, 5.74) is 3.71. The van der Waals surface area contributed by atoms with E-state index in [1.165, 1.54) is 0 Å². The van der Waals surface area contributed by atoms with Crippen LogP contribution in [0.1, 0.15) is 45.9 Å². The van der Waals surface area contributed by atoms with Crippen molar-refractivity contribution >= 4 is 11.1 Å². The molecule has 0 aliphatic rings. The molecule has 0 spiro atoms. The molecule has 0 aliphatic heterocycles. The summed E-state index contributed by atoms with van der Waals surface area (Å²) in [6.45, 7) is 18.1. The maximum Gasteiger partial charge on any atom is 0.0742 e. The van der Waals surface area contributed by atoms with Crippen molar-refractivity contribution in [3.63, 3.8) is 0 Å². The van der Waals surface area contributed by atoms with E-state index in [4.69, 9.17) is 0 Å². The molecule has 0 bridgehead atoms. The van der Waals surface area contributed by atoms with E-state index in [1.54, 1.807) is 13.1 Å². The van der Waals surface area contributed by atoms with E-state index in [1.807, 2.05) is 26.0 Å². The molecule has 1 aromatic rings. The second-order valence-corrected chi connectivity index (χ2v) is 3.93. The second-order valence-electron chi connectivity index (χ2n) is 3.93. The van der Waals surface area contributed by atoms with Crippen LogP contribution in [0.2, 0.25) is 0 Å². The summed E-state index contributed by atoms with van der Waals surface area (Å²) in [7, 11) is 0. The van der Waals surface area contributed by atoms with Crippen LogP contribution < -0.4 is 0 Å². The molecule has 0 amide bonds. The molecular formula is C17H23N. The summed E-state index contributed by atoms with van der Waals surface area (Å²) in [4.78, 5) is 4.38. The van der Waals surface area contributed by atoms with Gasteiger partial charge in [-0.25, -0.2) is 0 Å². The summed E-state index contributed by atoms with van der Waals surface area (Å²) >= 11 is 0. The Morgan fingerprint density at radius 1 is 1.28 bits per heavy atom. The van der Waals surface area contributed by atoms with Crippen molar-refractivity contribution in [1.29, 1.82) is 0 Å². The predicted molar refractivity (Wildman–Crippen MR) is 81.9 cm³/mol. The molecule has 0 saturated carbocycles. The highest BCUT2D eigenvalue weighted by Gasteiger charge is 2.11. The standard InChI is InChI=1S/C15H17N.C2H6/c1-6-8-12(4)14-9-7-10-16-15(14)13(5)11(2)3;1-2/h7,9-11H,4-5H2,1-3H3;1-2H3. The van der Waals surface area contributed by atoms with Crippen LogP contribution in [-0.4, -0.2) is 4.98 Å². The van der Waals surface area contributed by atoms with Gasteiger partial charge in [-0.1, -0.05) is 52.8 Å². The zero-order chi connectivity index (χ0) is 14.1. The van der Waals surface area contributed by atoms with Gasteiger partial charge < -0.3 is 0 Å². The maximum absolute atomic E-state index is 4.38. The first-order chi connectivity index (χ1) is 8.57. The molecule has 1 nitrogen and oxygen atoms in total. The number of nitrogens with zero attached hydrogens (tertiary/aromatic N) is 1. The number of hydrogen-bond donors (Lipinski definition) is 0. The molecule has 96 valence electrons. The molecule has 0 saturated heterocycles. The first-order valence-corrected chi connectivity index (χ1v) is 6.34. The monoisotopic (exact) mass is 241 g/mol. The topological polar surface area (TPSA) is 12.9 Å². The zero-order valence-corrected chi connectivity index (χ0v) is 12.2. The Labute approximate surface area is 112 Å². The number of aromatic nitrogens is 1. The van der Waals surface area contributed by atoms with E-state index in [2.05, 4.69) is 43.8 Å². The highest BCUT2D eigenvalue weighted by Crippen LogP contribution is 2.25. The molecule has 18 heavy (non-hydrogen) atoms. The van der Waals surface area contributed by atoms with E-state index < -0.39 is 0 Å². The minimum atomic E-state index is 0.371. The average molecular weight is 241 g/mol. The van der Waals surface area contributed by atoms with Crippen molar-refractivity contribution in [2.45, 2.75) is 34.6 Å². The maximum atomic E-state index is 4.38. The summed E-state index contributed by atoms with van der Waals surface area (Å²) < 4.78 is 0. The third-order valence-corrected chi connectivity index (χ3v) is 2.41. The molecule has 0 aliphatic carbocycles. The van der Waals surface area contributed by atoms with Gasteiger partial charge in [-0.2, -0.15) is 0 Å². The van der Waals surface area contributed by atoms with Crippen LogP contribution in [0, 0.1) is 17.8 Å². The van der Waals surface area contributed by atoms with E-state index in [0.717, 1.165) is 22.4 Å². The Morgan fingerprint density at radius 3 is 2.39 bits per heavy atom. The molecule has 0 N–H and O–H groups in total. The van der Waals surface area contributed by atoms with Gasteiger partial charge in [0.1, 0.15) is 0 Å². The zero-order valence-electron chi connectivity index (χ0n) is 12.2. The summed E-state index contributed by atoms with van der Waals surface area (Å²) in [6, 6.07) is 3.89. The van der Waals surface area contributed by atoms with Gasteiger partial charge in [0.2, 0.25) is 0 Å². The second kappa shape index (κ2) is 8.31. The fourth-order valence-corrected chi connectivity index (χ4v) is 1.40. The van der Waals surface area contributed by atoms with Crippen LogP contribution in [0.5, 0.6) is 0 Å². The van der Waals surface area contributed by atoms with Gasteiger partial charge in [0.05, 0.1) is 5.69 Å². The van der Waals surface area contributed by atoms with Crippen LogP contribution in [0.4, 0.5) is 0 Å². The molecule has 1 rings (SSSR count). The van der Waals surface area contributed by atoms with Gasteiger partial charge in [-0.3, -0.25) is 4.98 Å². The SMILES string of the molecule is C=C(C#CC)c1cccnc1C(=C)C(C)C.CC. The summed E-state index contributed by atoms with van der Waals surface area (Å²) in [5.74, 6) is 6.20. The third kappa shape index (κ3) is 4.22. The van der Waals surface area contributed by atoms with E-state index in [0.29, 0.717) is 5.92 Å². The highest BCUT2D eigenvalue weighted by molar-refractivity contribution is 5.83. The molecule has 0 fully saturated rings. The molecule has 1 heteroatoms. The van der Waals surface area contributed by atoms with Crippen molar-refractivity contribution in [3.8, 4) is 11.8 Å². The Balaban J connectivity index is 0.00000137. The van der Waals surface area contributed by atoms with Crippen molar-refractivity contribution in [2.75, 3.05) is 0 Å². The largest absolute Gasteiger partial charge is 0.256 e. The van der Waals surface area contributed by atoms with Gasteiger partial charge in [0.25, 0.3) is 0 Å². The fourth-order valence-electron chi connectivity index (χ4n) is 1.40. The average Bonchev–Trinajstić information content (AvgIpc) is 2.40. The Hall–Kier alpha value is -1.81. The van der Waals surface area contributed by atoms with Gasteiger partial charge in [0.15, 0.2) is 0 Å².